The fourth-order valence-corrected chi connectivity index (χ4v) is 3.43. The van der Waals surface area contributed by atoms with Crippen molar-refractivity contribution in [2.75, 3.05) is 6.61 Å². The van der Waals surface area contributed by atoms with E-state index in [4.69, 9.17) is 4.74 Å². The highest BCUT2D eigenvalue weighted by atomic mass is 16.5. The molecule has 1 aromatic carbocycles. The van der Waals surface area contributed by atoms with Crippen LogP contribution in [0.1, 0.15) is 42.5 Å². The third-order valence-electron chi connectivity index (χ3n) is 4.84. The van der Waals surface area contributed by atoms with E-state index in [1.807, 2.05) is 24.3 Å². The van der Waals surface area contributed by atoms with Crippen LogP contribution in [0.4, 0.5) is 0 Å². The lowest BCUT2D eigenvalue weighted by atomic mass is 9.99. The molecule has 0 spiro atoms. The molecule has 1 saturated carbocycles. The van der Waals surface area contributed by atoms with Gasteiger partial charge in [-0.15, -0.1) is 0 Å². The smallest absolute Gasteiger partial charge is 0.252 e. The lowest BCUT2D eigenvalue weighted by molar-refractivity contribution is -0.0139. The summed E-state index contributed by atoms with van der Waals surface area (Å²) in [7, 11) is 0. The van der Waals surface area contributed by atoms with Gasteiger partial charge in [-0.3, -0.25) is 9.78 Å². The Kier molecular flexibility index (Phi) is 3.34. The molecule has 2 fully saturated rings. The summed E-state index contributed by atoms with van der Waals surface area (Å²) >= 11 is 0. The quantitative estimate of drug-likeness (QED) is 0.947. The molecule has 22 heavy (non-hydrogen) atoms. The van der Waals surface area contributed by atoms with E-state index in [1.54, 1.807) is 12.3 Å². The SMILES string of the molecule is O=C(NC1(C2CCCCO2)CC1)c1ccnc2ccccc12. The van der Waals surface area contributed by atoms with Gasteiger partial charge in [0.25, 0.3) is 5.91 Å². The number of aromatic nitrogens is 1. The number of amides is 1. The Morgan fingerprint density at radius 2 is 2.09 bits per heavy atom. The second-order valence-electron chi connectivity index (χ2n) is 6.34. The van der Waals surface area contributed by atoms with E-state index in [0.29, 0.717) is 5.56 Å². The van der Waals surface area contributed by atoms with E-state index in [9.17, 15) is 4.79 Å². The molecule has 1 aliphatic heterocycles. The Bertz CT molecular complexity index is 698. The zero-order chi connectivity index (χ0) is 15.0. The van der Waals surface area contributed by atoms with Gasteiger partial charge in [-0.2, -0.15) is 0 Å². The van der Waals surface area contributed by atoms with Crippen LogP contribution in [0.3, 0.4) is 0 Å². The van der Waals surface area contributed by atoms with E-state index in [1.165, 1.54) is 6.42 Å². The van der Waals surface area contributed by atoms with Crippen molar-refractivity contribution in [2.24, 2.45) is 0 Å². The molecule has 1 aromatic heterocycles. The van der Waals surface area contributed by atoms with Crippen molar-refractivity contribution >= 4 is 16.8 Å². The number of pyridine rings is 1. The minimum absolute atomic E-state index is 0.00901. The minimum Gasteiger partial charge on any atom is -0.376 e. The van der Waals surface area contributed by atoms with Crippen molar-refractivity contribution in [2.45, 2.75) is 43.7 Å². The number of benzene rings is 1. The maximum Gasteiger partial charge on any atom is 0.252 e. The number of hydrogen-bond acceptors (Lipinski definition) is 3. The molecule has 0 radical (unpaired) electrons. The number of para-hydroxylation sites is 1. The molecule has 1 saturated heterocycles. The van der Waals surface area contributed by atoms with Gasteiger partial charge in [-0.1, -0.05) is 18.2 Å². The Morgan fingerprint density at radius 1 is 1.23 bits per heavy atom. The molecule has 4 heteroatoms. The van der Waals surface area contributed by atoms with Gasteiger partial charge < -0.3 is 10.1 Å². The largest absolute Gasteiger partial charge is 0.376 e. The molecule has 2 aliphatic rings. The van der Waals surface area contributed by atoms with Crippen molar-refractivity contribution in [1.82, 2.24) is 10.3 Å². The molecule has 0 bridgehead atoms. The highest BCUT2D eigenvalue weighted by Crippen LogP contribution is 2.43. The minimum atomic E-state index is -0.137. The van der Waals surface area contributed by atoms with Gasteiger partial charge in [-0.25, -0.2) is 0 Å². The standard InChI is InChI=1S/C18H20N2O2/c21-17(14-8-11-19-15-6-2-1-5-13(14)15)20-18(9-10-18)16-7-3-4-12-22-16/h1-2,5-6,8,11,16H,3-4,7,9-10,12H2,(H,20,21). The first-order valence-electron chi connectivity index (χ1n) is 8.06. The summed E-state index contributed by atoms with van der Waals surface area (Å²) in [4.78, 5) is 17.1. The van der Waals surface area contributed by atoms with Crippen molar-refractivity contribution < 1.29 is 9.53 Å². The van der Waals surface area contributed by atoms with Crippen LogP contribution in [-0.2, 0) is 4.74 Å². The monoisotopic (exact) mass is 296 g/mol. The second kappa shape index (κ2) is 5.36. The average Bonchev–Trinajstić information content (AvgIpc) is 3.36. The second-order valence-corrected chi connectivity index (χ2v) is 6.34. The van der Waals surface area contributed by atoms with Crippen molar-refractivity contribution in [3.05, 3.63) is 42.1 Å². The highest BCUT2D eigenvalue weighted by Gasteiger charge is 2.51. The van der Waals surface area contributed by atoms with Crippen LogP contribution in [0.5, 0.6) is 0 Å². The summed E-state index contributed by atoms with van der Waals surface area (Å²) in [6, 6.07) is 9.57. The number of nitrogens with one attached hydrogen (secondary N) is 1. The summed E-state index contributed by atoms with van der Waals surface area (Å²) in [6.07, 6.45) is 7.30. The van der Waals surface area contributed by atoms with Gasteiger partial charge in [0.05, 0.1) is 22.7 Å². The maximum absolute atomic E-state index is 12.8. The number of nitrogens with zero attached hydrogens (tertiary/aromatic N) is 1. The third-order valence-corrected chi connectivity index (χ3v) is 4.84. The zero-order valence-corrected chi connectivity index (χ0v) is 12.5. The molecule has 1 amide bonds. The summed E-state index contributed by atoms with van der Waals surface area (Å²) in [6.45, 7) is 0.820. The molecule has 114 valence electrons. The number of hydrogen-bond donors (Lipinski definition) is 1. The van der Waals surface area contributed by atoms with E-state index < -0.39 is 0 Å². The maximum atomic E-state index is 12.8. The Balaban J connectivity index is 1.59. The molecule has 1 atom stereocenters. The number of ether oxygens (including phenoxy) is 1. The molecular weight excluding hydrogens is 276 g/mol. The van der Waals surface area contributed by atoms with Gasteiger partial charge >= 0.3 is 0 Å². The van der Waals surface area contributed by atoms with Crippen LogP contribution in [0, 0.1) is 0 Å². The number of fused-ring (bicyclic) bond motifs is 1. The lowest BCUT2D eigenvalue weighted by Gasteiger charge is -2.31. The van der Waals surface area contributed by atoms with Crippen LogP contribution >= 0.6 is 0 Å². The van der Waals surface area contributed by atoms with Gasteiger partial charge in [0.1, 0.15) is 0 Å². The van der Waals surface area contributed by atoms with Crippen LogP contribution < -0.4 is 5.32 Å². The average molecular weight is 296 g/mol. The van der Waals surface area contributed by atoms with E-state index in [0.717, 1.165) is 43.2 Å². The van der Waals surface area contributed by atoms with Crippen LogP contribution in [0.15, 0.2) is 36.5 Å². The Morgan fingerprint density at radius 3 is 2.86 bits per heavy atom. The van der Waals surface area contributed by atoms with Crippen LogP contribution in [0.2, 0.25) is 0 Å². The Hall–Kier alpha value is -1.94. The first-order valence-corrected chi connectivity index (χ1v) is 8.06. The van der Waals surface area contributed by atoms with Crippen LogP contribution in [-0.4, -0.2) is 29.1 Å². The van der Waals surface area contributed by atoms with Crippen LogP contribution in [0.25, 0.3) is 10.9 Å². The summed E-state index contributed by atoms with van der Waals surface area (Å²) < 4.78 is 5.90. The van der Waals surface area contributed by atoms with Gasteiger partial charge in [0.15, 0.2) is 0 Å². The normalized spacial score (nSPS) is 23.2. The molecule has 1 N–H and O–H groups in total. The van der Waals surface area contributed by atoms with E-state index in [2.05, 4.69) is 10.3 Å². The lowest BCUT2D eigenvalue weighted by Crippen LogP contribution is -2.48. The molecule has 1 unspecified atom stereocenters. The van der Waals surface area contributed by atoms with E-state index in [-0.39, 0.29) is 17.6 Å². The number of carbonyl (C=O) groups excluding carboxylic acids is 1. The topological polar surface area (TPSA) is 51.2 Å². The highest BCUT2D eigenvalue weighted by molar-refractivity contribution is 6.06. The fourth-order valence-electron chi connectivity index (χ4n) is 3.43. The first kappa shape index (κ1) is 13.7. The summed E-state index contributed by atoms with van der Waals surface area (Å²) in [5.41, 5.74) is 1.42. The van der Waals surface area contributed by atoms with E-state index >= 15 is 0 Å². The van der Waals surface area contributed by atoms with Gasteiger partial charge in [-0.05, 0) is 44.2 Å². The summed E-state index contributed by atoms with van der Waals surface area (Å²) in [5.74, 6) is -0.00901. The number of rotatable bonds is 3. The number of carbonyl (C=O) groups is 1. The first-order chi connectivity index (χ1) is 10.8. The van der Waals surface area contributed by atoms with Gasteiger partial charge in [0.2, 0.25) is 0 Å². The fraction of sp³-hybridized carbons (Fsp3) is 0.444. The molecule has 1 aliphatic carbocycles. The Labute approximate surface area is 129 Å². The summed E-state index contributed by atoms with van der Waals surface area (Å²) in [5, 5.41) is 4.16. The van der Waals surface area contributed by atoms with Gasteiger partial charge in [0, 0.05) is 18.2 Å². The molecule has 4 rings (SSSR count). The molecule has 2 heterocycles. The molecule has 4 nitrogen and oxygen atoms in total. The van der Waals surface area contributed by atoms with Crippen molar-refractivity contribution in [3.63, 3.8) is 0 Å². The predicted molar refractivity (Wildman–Crippen MR) is 84.8 cm³/mol. The predicted octanol–water partition coefficient (Wildman–Crippen LogP) is 3.07. The van der Waals surface area contributed by atoms with Crippen molar-refractivity contribution in [3.8, 4) is 0 Å². The molecular formula is C18H20N2O2. The zero-order valence-electron chi connectivity index (χ0n) is 12.5. The van der Waals surface area contributed by atoms with Crippen molar-refractivity contribution in [1.29, 1.82) is 0 Å². The molecule has 2 aromatic rings. The third kappa shape index (κ3) is 2.37.